The Labute approximate surface area is 245 Å². The summed E-state index contributed by atoms with van der Waals surface area (Å²) in [5.41, 5.74) is 3.41. The number of carbonyl (C=O) groups is 2. The normalized spacial score (nSPS) is 11.5. The fourth-order valence-corrected chi connectivity index (χ4v) is 4.70. The van der Waals surface area contributed by atoms with Gasteiger partial charge in [-0.1, -0.05) is 63.4 Å². The summed E-state index contributed by atoms with van der Waals surface area (Å²) >= 11 is 15.8. The number of aliphatic carboxylic acids is 1. The third-order valence-corrected chi connectivity index (χ3v) is 6.76. The van der Waals surface area contributed by atoms with Crippen LogP contribution in [0.25, 0.3) is 0 Å². The van der Waals surface area contributed by atoms with Crippen molar-refractivity contribution in [2.24, 2.45) is 0 Å². The summed E-state index contributed by atoms with van der Waals surface area (Å²) in [5, 5.41) is 15.9. The number of hydrogen-bond acceptors (Lipinski definition) is 4. The molecule has 0 bridgehead atoms. The molecule has 0 saturated carbocycles. The van der Waals surface area contributed by atoms with Gasteiger partial charge in [0, 0.05) is 32.3 Å². The van der Waals surface area contributed by atoms with E-state index in [1.165, 1.54) is 0 Å². The zero-order valence-electron chi connectivity index (χ0n) is 20.7. The number of ether oxygens (including phenoxy) is 1. The maximum absolute atomic E-state index is 12.3. The van der Waals surface area contributed by atoms with E-state index in [4.69, 9.17) is 33.0 Å². The first-order chi connectivity index (χ1) is 18.7. The highest BCUT2D eigenvalue weighted by Gasteiger charge is 2.15. The largest absolute Gasteiger partial charge is 0.481 e. The highest BCUT2D eigenvalue weighted by molar-refractivity contribution is 9.10. The minimum Gasteiger partial charge on any atom is -0.481 e. The molecule has 9 heteroatoms. The topological polar surface area (TPSA) is 87.7 Å². The van der Waals surface area contributed by atoms with Crippen LogP contribution in [0.3, 0.4) is 0 Å². The van der Waals surface area contributed by atoms with Crippen LogP contribution in [0.5, 0.6) is 11.5 Å². The molecule has 4 rings (SSSR count). The third-order valence-electron chi connectivity index (χ3n) is 5.80. The van der Waals surface area contributed by atoms with Crippen LogP contribution in [0.15, 0.2) is 95.5 Å². The standard InChI is InChI=1S/C30H25BrCl2N2O4/c31-22-8-4-19(5-9-22)14-28(35-25-10-6-20(7-11-25)30(38)34-13-12-29(36)37)21-2-1-3-26(15-21)39-27-17-23(32)16-24(33)18-27/h1-11,15-18,28,35H,12-14H2,(H,34,38)(H,36,37). The minimum absolute atomic E-state index is 0.0727. The molecular weight excluding hydrogens is 603 g/mol. The second-order valence-electron chi connectivity index (χ2n) is 8.78. The Bertz CT molecular complexity index is 1430. The van der Waals surface area contributed by atoms with Gasteiger partial charge in [-0.05, 0) is 84.3 Å². The Hall–Kier alpha value is -3.52. The number of nitrogens with one attached hydrogen (secondary N) is 2. The van der Waals surface area contributed by atoms with Crippen LogP contribution >= 0.6 is 39.1 Å². The molecule has 1 unspecified atom stereocenters. The van der Waals surface area contributed by atoms with Crippen molar-refractivity contribution in [3.05, 3.63) is 122 Å². The average molecular weight is 628 g/mol. The molecule has 0 fully saturated rings. The molecule has 0 radical (unpaired) electrons. The molecule has 6 nitrogen and oxygen atoms in total. The van der Waals surface area contributed by atoms with Crippen molar-refractivity contribution in [2.75, 3.05) is 11.9 Å². The van der Waals surface area contributed by atoms with Crippen LogP contribution < -0.4 is 15.4 Å². The highest BCUT2D eigenvalue weighted by Crippen LogP contribution is 2.31. The van der Waals surface area contributed by atoms with Crippen LogP contribution in [0, 0.1) is 0 Å². The van der Waals surface area contributed by atoms with Gasteiger partial charge in [0.1, 0.15) is 11.5 Å². The van der Waals surface area contributed by atoms with Crippen molar-refractivity contribution >= 4 is 56.7 Å². The summed E-state index contributed by atoms with van der Waals surface area (Å²) in [6.45, 7) is 0.0727. The van der Waals surface area contributed by atoms with E-state index in [0.29, 0.717) is 33.5 Å². The number of carboxylic acids is 1. The molecule has 0 heterocycles. The Balaban J connectivity index is 1.54. The minimum atomic E-state index is -0.961. The van der Waals surface area contributed by atoms with E-state index in [-0.39, 0.29) is 24.9 Å². The third kappa shape index (κ3) is 8.75. The van der Waals surface area contributed by atoms with Crippen LogP contribution in [0.4, 0.5) is 5.69 Å². The molecule has 3 N–H and O–H groups in total. The molecule has 0 spiro atoms. The van der Waals surface area contributed by atoms with Crippen molar-refractivity contribution in [1.29, 1.82) is 0 Å². The van der Waals surface area contributed by atoms with Crippen LogP contribution in [-0.2, 0) is 11.2 Å². The van der Waals surface area contributed by atoms with Crippen molar-refractivity contribution in [3.8, 4) is 11.5 Å². The molecule has 200 valence electrons. The number of benzene rings is 4. The van der Waals surface area contributed by atoms with Crippen LogP contribution in [0.1, 0.15) is 33.9 Å². The molecule has 0 saturated heterocycles. The summed E-state index contributed by atoms with van der Waals surface area (Å²) in [5.74, 6) is -0.0983. The molecule has 39 heavy (non-hydrogen) atoms. The quantitative estimate of drug-likeness (QED) is 0.156. The van der Waals surface area contributed by atoms with E-state index in [9.17, 15) is 9.59 Å². The smallest absolute Gasteiger partial charge is 0.305 e. The number of hydrogen-bond donors (Lipinski definition) is 3. The Morgan fingerprint density at radius 1 is 0.872 bits per heavy atom. The zero-order chi connectivity index (χ0) is 27.8. The Morgan fingerprint density at radius 3 is 2.23 bits per heavy atom. The number of amides is 1. The van der Waals surface area contributed by atoms with E-state index in [1.807, 2.05) is 48.5 Å². The maximum atomic E-state index is 12.3. The Morgan fingerprint density at radius 2 is 1.56 bits per heavy atom. The number of rotatable bonds is 11. The van der Waals surface area contributed by atoms with E-state index < -0.39 is 5.97 Å². The van der Waals surface area contributed by atoms with Crippen molar-refractivity contribution in [2.45, 2.75) is 18.9 Å². The maximum Gasteiger partial charge on any atom is 0.305 e. The summed E-state index contributed by atoms with van der Waals surface area (Å²) in [4.78, 5) is 23.0. The lowest BCUT2D eigenvalue weighted by Crippen LogP contribution is -2.25. The van der Waals surface area contributed by atoms with Gasteiger partial charge in [-0.25, -0.2) is 0 Å². The van der Waals surface area contributed by atoms with Crippen molar-refractivity contribution in [3.63, 3.8) is 0 Å². The van der Waals surface area contributed by atoms with Gasteiger partial charge in [0.15, 0.2) is 0 Å². The fraction of sp³-hybridized carbons (Fsp3) is 0.133. The molecule has 1 amide bonds. The molecule has 0 aliphatic carbocycles. The monoisotopic (exact) mass is 626 g/mol. The second-order valence-corrected chi connectivity index (χ2v) is 10.6. The van der Waals surface area contributed by atoms with Gasteiger partial charge in [-0.2, -0.15) is 0 Å². The van der Waals surface area contributed by atoms with Gasteiger partial charge in [-0.15, -0.1) is 0 Å². The molecule has 4 aromatic rings. The number of anilines is 1. The SMILES string of the molecule is O=C(O)CCNC(=O)c1ccc(NC(Cc2ccc(Br)cc2)c2cccc(Oc3cc(Cl)cc(Cl)c3)c2)cc1. The van der Waals surface area contributed by atoms with Crippen LogP contribution in [-0.4, -0.2) is 23.5 Å². The summed E-state index contributed by atoms with van der Waals surface area (Å²) in [6, 6.07) is 27.9. The average Bonchev–Trinajstić information content (AvgIpc) is 2.89. The molecule has 0 aromatic heterocycles. The lowest BCUT2D eigenvalue weighted by Gasteiger charge is -2.22. The van der Waals surface area contributed by atoms with E-state index in [0.717, 1.165) is 21.3 Å². The predicted octanol–water partition coefficient (Wildman–Crippen LogP) is 8.15. The molecule has 0 aliphatic heterocycles. The van der Waals surface area contributed by atoms with E-state index in [2.05, 4.69) is 38.7 Å². The molecule has 0 aliphatic rings. The first-order valence-corrected chi connectivity index (χ1v) is 13.6. The lowest BCUT2D eigenvalue weighted by molar-refractivity contribution is -0.136. The van der Waals surface area contributed by atoms with Gasteiger partial charge in [0.25, 0.3) is 5.91 Å². The van der Waals surface area contributed by atoms with Crippen molar-refractivity contribution < 1.29 is 19.4 Å². The number of carboxylic acid groups (broad SMARTS) is 1. The summed E-state index contributed by atoms with van der Waals surface area (Å²) in [7, 11) is 0. The lowest BCUT2D eigenvalue weighted by atomic mass is 9.98. The second kappa shape index (κ2) is 13.5. The van der Waals surface area contributed by atoms with E-state index in [1.54, 1.807) is 30.3 Å². The number of carbonyl (C=O) groups excluding carboxylic acids is 1. The van der Waals surface area contributed by atoms with Gasteiger partial charge in [-0.3, -0.25) is 9.59 Å². The number of halogens is 3. The van der Waals surface area contributed by atoms with Gasteiger partial charge in [0.2, 0.25) is 0 Å². The fourth-order valence-electron chi connectivity index (χ4n) is 3.93. The van der Waals surface area contributed by atoms with Gasteiger partial charge >= 0.3 is 5.97 Å². The molecule has 1 atom stereocenters. The first kappa shape index (κ1) is 28.5. The molecule has 4 aromatic carbocycles. The Kier molecular flexibility index (Phi) is 9.87. The predicted molar refractivity (Wildman–Crippen MR) is 158 cm³/mol. The van der Waals surface area contributed by atoms with Gasteiger partial charge in [0.05, 0.1) is 12.5 Å². The zero-order valence-corrected chi connectivity index (χ0v) is 23.8. The van der Waals surface area contributed by atoms with E-state index >= 15 is 0 Å². The van der Waals surface area contributed by atoms with Gasteiger partial charge < -0.3 is 20.5 Å². The summed E-state index contributed by atoms with van der Waals surface area (Å²) < 4.78 is 7.06. The molecular formula is C30H25BrCl2N2O4. The highest BCUT2D eigenvalue weighted by atomic mass is 79.9. The first-order valence-electron chi connectivity index (χ1n) is 12.1. The van der Waals surface area contributed by atoms with Crippen LogP contribution in [0.2, 0.25) is 10.0 Å². The van der Waals surface area contributed by atoms with Crippen molar-refractivity contribution in [1.82, 2.24) is 5.32 Å². The summed E-state index contributed by atoms with van der Waals surface area (Å²) in [6.07, 6.45) is 0.563.